The number of hydrogen-bond acceptors (Lipinski definition) is 3. The zero-order chi connectivity index (χ0) is 12.1. The molecular weight excluding hydrogens is 242 g/mol. The van der Waals surface area contributed by atoms with Crippen molar-refractivity contribution in [3.8, 4) is 0 Å². The van der Waals surface area contributed by atoms with E-state index in [1.165, 1.54) is 7.11 Å². The van der Waals surface area contributed by atoms with Crippen molar-refractivity contribution in [3.63, 3.8) is 0 Å². The van der Waals surface area contributed by atoms with Crippen molar-refractivity contribution in [2.45, 2.75) is 6.92 Å². The van der Waals surface area contributed by atoms with Gasteiger partial charge in [0.2, 0.25) is 0 Å². The van der Waals surface area contributed by atoms with Crippen molar-refractivity contribution in [1.82, 2.24) is 0 Å². The number of anilines is 1. The van der Waals surface area contributed by atoms with Gasteiger partial charge in [-0.05, 0) is 0 Å². The molecule has 0 atom stereocenters. The standard InChI is InChI=1S/C12H13NO2.Cr/c1-4-9-8-10(12(14)15-3)6-7-11(9)13-5-2;/h4,6-8,13H,1H2,2-3H3;. The van der Waals surface area contributed by atoms with Crippen LogP contribution in [0.2, 0.25) is 0 Å². The van der Waals surface area contributed by atoms with Gasteiger partial charge in [-0.2, -0.15) is 0 Å². The van der Waals surface area contributed by atoms with Gasteiger partial charge in [-0.1, -0.05) is 0 Å². The SMILES string of the molecule is C=Cc1cc(C(=O)OC)ccc1N[C](C)=[Cr]. The molecule has 16 heavy (non-hydrogen) atoms. The quantitative estimate of drug-likeness (QED) is 0.838. The van der Waals surface area contributed by atoms with Crippen LogP contribution in [0.5, 0.6) is 0 Å². The molecule has 0 aromatic heterocycles. The average Bonchev–Trinajstić information content (AvgIpc) is 2.27. The number of methoxy groups -OCH3 is 1. The maximum atomic E-state index is 11.3. The molecule has 1 rings (SSSR count). The summed E-state index contributed by atoms with van der Waals surface area (Å²) in [6.07, 6.45) is 1.69. The maximum absolute atomic E-state index is 11.3. The van der Waals surface area contributed by atoms with E-state index in [1.54, 1.807) is 18.2 Å². The first-order valence-electron chi connectivity index (χ1n) is 4.71. The third-order valence-corrected chi connectivity index (χ3v) is 2.16. The van der Waals surface area contributed by atoms with Gasteiger partial charge in [0, 0.05) is 0 Å². The van der Waals surface area contributed by atoms with E-state index in [4.69, 9.17) is 0 Å². The van der Waals surface area contributed by atoms with Crippen molar-refractivity contribution >= 4 is 22.2 Å². The van der Waals surface area contributed by atoms with E-state index in [2.05, 4.69) is 32.5 Å². The van der Waals surface area contributed by atoms with Gasteiger partial charge in [-0.3, -0.25) is 0 Å². The van der Waals surface area contributed by atoms with E-state index in [0.717, 1.165) is 15.8 Å². The molecule has 0 amide bonds. The van der Waals surface area contributed by atoms with Gasteiger partial charge < -0.3 is 0 Å². The fraction of sp³-hybridized carbons (Fsp3) is 0.167. The summed E-state index contributed by atoms with van der Waals surface area (Å²) in [5, 5.41) is 3.15. The summed E-state index contributed by atoms with van der Waals surface area (Å²) in [5.74, 6) is -0.349. The first kappa shape index (κ1) is 12.7. The van der Waals surface area contributed by atoms with E-state index in [1.807, 2.05) is 13.0 Å². The molecule has 0 radical (unpaired) electrons. The van der Waals surface area contributed by atoms with E-state index < -0.39 is 0 Å². The Morgan fingerprint density at radius 2 is 2.25 bits per heavy atom. The summed E-state index contributed by atoms with van der Waals surface area (Å²) in [6, 6.07) is 5.28. The minimum absolute atomic E-state index is 0.349. The predicted octanol–water partition coefficient (Wildman–Crippen LogP) is 2.22. The van der Waals surface area contributed by atoms with Crippen molar-refractivity contribution in [3.05, 3.63) is 35.9 Å². The molecule has 0 unspecified atom stereocenters. The number of nitrogens with one attached hydrogen (secondary N) is 1. The van der Waals surface area contributed by atoms with Gasteiger partial charge in [0.15, 0.2) is 0 Å². The van der Waals surface area contributed by atoms with E-state index in [9.17, 15) is 4.79 Å². The molecule has 0 heterocycles. The summed E-state index contributed by atoms with van der Waals surface area (Å²) in [4.78, 5) is 11.3. The Kier molecular flexibility index (Phi) is 4.48. The van der Waals surface area contributed by atoms with E-state index >= 15 is 0 Å². The van der Waals surface area contributed by atoms with Crippen LogP contribution in [0.25, 0.3) is 6.08 Å². The number of ether oxygens (including phenoxy) is 1. The molecule has 0 saturated carbocycles. The molecule has 0 spiro atoms. The Morgan fingerprint density at radius 3 is 2.75 bits per heavy atom. The second-order valence-electron chi connectivity index (χ2n) is 3.18. The van der Waals surface area contributed by atoms with Crippen LogP contribution >= 0.6 is 0 Å². The van der Waals surface area contributed by atoms with E-state index in [-0.39, 0.29) is 5.97 Å². The Morgan fingerprint density at radius 1 is 1.56 bits per heavy atom. The Labute approximate surface area is 103 Å². The first-order chi connectivity index (χ1) is 7.58. The zero-order valence-corrected chi connectivity index (χ0v) is 10.5. The van der Waals surface area contributed by atoms with Crippen LogP contribution in [0.15, 0.2) is 24.8 Å². The fourth-order valence-electron chi connectivity index (χ4n) is 1.28. The van der Waals surface area contributed by atoms with Crippen molar-refractivity contribution < 1.29 is 25.4 Å². The van der Waals surface area contributed by atoms with Crippen LogP contribution in [0.1, 0.15) is 22.8 Å². The third-order valence-electron chi connectivity index (χ3n) is 2.00. The molecule has 0 saturated heterocycles. The van der Waals surface area contributed by atoms with Gasteiger partial charge in [0.05, 0.1) is 0 Å². The Bertz CT molecular complexity index is 441. The predicted molar refractivity (Wildman–Crippen MR) is 62.2 cm³/mol. The molecule has 0 aliphatic heterocycles. The molecule has 1 aromatic rings. The monoisotopic (exact) mass is 255 g/mol. The number of carbonyl (C=O) groups is 1. The Balaban J connectivity index is 3.11. The molecule has 3 nitrogen and oxygen atoms in total. The van der Waals surface area contributed by atoms with Crippen LogP contribution in [0, 0.1) is 0 Å². The topological polar surface area (TPSA) is 38.3 Å². The van der Waals surface area contributed by atoms with Crippen LogP contribution in [-0.2, 0) is 20.6 Å². The normalized spacial score (nSPS) is 9.38. The van der Waals surface area contributed by atoms with Crippen molar-refractivity contribution in [2.75, 3.05) is 12.4 Å². The minimum atomic E-state index is -0.349. The summed E-state index contributed by atoms with van der Waals surface area (Å²) < 4.78 is 5.60. The Hall–Kier alpha value is -1.37. The fourth-order valence-corrected chi connectivity index (χ4v) is 1.45. The average molecular weight is 255 g/mol. The molecule has 0 aliphatic carbocycles. The van der Waals surface area contributed by atoms with Gasteiger partial charge in [-0.25, -0.2) is 0 Å². The number of hydrogen-bond donors (Lipinski definition) is 1. The summed E-state index contributed by atoms with van der Waals surface area (Å²) in [6.45, 7) is 5.63. The van der Waals surface area contributed by atoms with Gasteiger partial charge in [-0.15, -0.1) is 0 Å². The number of rotatable bonds is 4. The molecule has 4 heteroatoms. The molecule has 0 bridgehead atoms. The second-order valence-corrected chi connectivity index (χ2v) is 4.14. The molecule has 1 N–H and O–H groups in total. The van der Waals surface area contributed by atoms with Crippen molar-refractivity contribution in [1.29, 1.82) is 0 Å². The number of carbonyl (C=O) groups excluding carboxylic acids is 1. The number of esters is 1. The van der Waals surface area contributed by atoms with Crippen LogP contribution in [0.3, 0.4) is 0 Å². The molecule has 84 valence electrons. The van der Waals surface area contributed by atoms with Crippen LogP contribution in [-0.4, -0.2) is 17.6 Å². The van der Waals surface area contributed by atoms with Crippen LogP contribution < -0.4 is 5.32 Å². The van der Waals surface area contributed by atoms with Gasteiger partial charge >= 0.3 is 103 Å². The summed E-state index contributed by atoms with van der Waals surface area (Å²) in [7, 11) is 1.36. The second kappa shape index (κ2) is 5.64. The molecule has 1 aromatic carbocycles. The molecule has 0 aliphatic rings. The summed E-state index contributed by atoms with van der Waals surface area (Å²) >= 11 is 2.87. The van der Waals surface area contributed by atoms with Crippen molar-refractivity contribution in [2.24, 2.45) is 0 Å². The van der Waals surface area contributed by atoms with E-state index in [0.29, 0.717) is 5.56 Å². The third kappa shape index (κ3) is 3.06. The molecular formula is C12H13CrNO2. The number of benzene rings is 1. The zero-order valence-electron chi connectivity index (χ0n) is 9.24. The summed E-state index contributed by atoms with van der Waals surface area (Å²) in [5.41, 5.74) is 2.28. The van der Waals surface area contributed by atoms with Gasteiger partial charge in [0.1, 0.15) is 0 Å². The van der Waals surface area contributed by atoms with Gasteiger partial charge in [0.25, 0.3) is 0 Å². The van der Waals surface area contributed by atoms with Crippen LogP contribution in [0.4, 0.5) is 5.69 Å². The first-order valence-corrected chi connectivity index (χ1v) is 5.34. The molecule has 0 fully saturated rings.